The molecule has 1 saturated heterocycles. The van der Waals surface area contributed by atoms with E-state index in [0.29, 0.717) is 12.6 Å². The molecule has 1 aliphatic rings. The van der Waals surface area contributed by atoms with Crippen LogP contribution in [0.2, 0.25) is 0 Å². The van der Waals surface area contributed by atoms with Gasteiger partial charge in [0.15, 0.2) is 0 Å². The molecule has 1 fully saturated rings. The maximum Gasteiger partial charge on any atom is 0.0865 e. The Morgan fingerprint density at radius 3 is 2.93 bits per heavy atom. The van der Waals surface area contributed by atoms with Crippen LogP contribution >= 0.6 is 0 Å². The summed E-state index contributed by atoms with van der Waals surface area (Å²) in [5, 5.41) is 8.66. The predicted molar refractivity (Wildman–Crippen MR) is 60.6 cm³/mol. The van der Waals surface area contributed by atoms with Gasteiger partial charge in [-0.15, -0.1) is 0 Å². The first-order valence-corrected chi connectivity index (χ1v) is 6.07. The van der Waals surface area contributed by atoms with Crippen LogP contribution in [0, 0.1) is 11.3 Å². The second kappa shape index (κ2) is 7.67. The third-order valence-electron chi connectivity index (χ3n) is 2.86. The molecule has 0 aromatic heterocycles. The van der Waals surface area contributed by atoms with Crippen LogP contribution in [0.15, 0.2) is 0 Å². The molecule has 0 aromatic rings. The van der Waals surface area contributed by atoms with E-state index in [2.05, 4.69) is 17.9 Å². The summed E-state index contributed by atoms with van der Waals surface area (Å²) in [7, 11) is 0. The van der Waals surface area contributed by atoms with Crippen LogP contribution in [-0.2, 0) is 4.74 Å². The summed E-state index contributed by atoms with van der Waals surface area (Å²) in [6.07, 6.45) is 6.39. The normalized spacial score (nSPS) is 20.7. The molecule has 1 heterocycles. The van der Waals surface area contributed by atoms with Crippen molar-refractivity contribution >= 4 is 0 Å². The zero-order chi connectivity index (χ0) is 10.9. The Kier molecular flexibility index (Phi) is 6.38. The Morgan fingerprint density at radius 2 is 2.33 bits per heavy atom. The van der Waals surface area contributed by atoms with Crippen molar-refractivity contribution in [3.8, 4) is 6.07 Å². The average molecular weight is 210 g/mol. The Bertz CT molecular complexity index is 194. The van der Waals surface area contributed by atoms with Crippen molar-refractivity contribution in [2.45, 2.75) is 45.1 Å². The predicted octanol–water partition coefficient (Wildman–Crippen LogP) is 2.18. The van der Waals surface area contributed by atoms with E-state index in [0.717, 1.165) is 39.0 Å². The molecule has 86 valence electrons. The Hall–Kier alpha value is -0.590. The van der Waals surface area contributed by atoms with E-state index in [1.165, 1.54) is 12.8 Å². The summed E-state index contributed by atoms with van der Waals surface area (Å²) < 4.78 is 5.57. The van der Waals surface area contributed by atoms with E-state index >= 15 is 0 Å². The molecule has 0 spiro atoms. The third-order valence-corrected chi connectivity index (χ3v) is 2.86. The minimum absolute atomic E-state index is 0.496. The topological polar surface area (TPSA) is 36.3 Å². The van der Waals surface area contributed by atoms with Gasteiger partial charge in [0, 0.05) is 6.61 Å². The van der Waals surface area contributed by atoms with Crippen LogP contribution in [-0.4, -0.2) is 37.2 Å². The van der Waals surface area contributed by atoms with Gasteiger partial charge in [0.1, 0.15) is 0 Å². The SMILES string of the molecule is CCCN(CC#N)CCCC1CCCO1. The number of rotatable bonds is 7. The van der Waals surface area contributed by atoms with Crippen molar-refractivity contribution in [2.75, 3.05) is 26.2 Å². The molecule has 3 heteroatoms. The van der Waals surface area contributed by atoms with Crippen molar-refractivity contribution in [1.82, 2.24) is 4.90 Å². The van der Waals surface area contributed by atoms with Gasteiger partial charge in [0.2, 0.25) is 0 Å². The fourth-order valence-electron chi connectivity index (χ4n) is 2.10. The molecule has 0 amide bonds. The van der Waals surface area contributed by atoms with Crippen LogP contribution in [0.3, 0.4) is 0 Å². The molecule has 0 saturated carbocycles. The van der Waals surface area contributed by atoms with Gasteiger partial charge in [-0.05, 0) is 45.2 Å². The molecule has 1 atom stereocenters. The van der Waals surface area contributed by atoms with Gasteiger partial charge in [0.05, 0.1) is 18.7 Å². The minimum Gasteiger partial charge on any atom is -0.378 e. The highest BCUT2D eigenvalue weighted by Gasteiger charge is 2.15. The fourth-order valence-corrected chi connectivity index (χ4v) is 2.10. The molecule has 3 nitrogen and oxygen atoms in total. The van der Waals surface area contributed by atoms with Crippen molar-refractivity contribution in [2.24, 2.45) is 0 Å². The summed E-state index contributed by atoms with van der Waals surface area (Å²) in [5.41, 5.74) is 0. The standard InChI is InChI=1S/C12H22N2O/c1-2-8-14(10-7-13)9-3-5-12-6-4-11-15-12/h12H,2-6,8-11H2,1H3. The highest BCUT2D eigenvalue weighted by molar-refractivity contribution is 4.76. The summed E-state index contributed by atoms with van der Waals surface area (Å²) in [6.45, 7) is 5.76. The average Bonchev–Trinajstić information content (AvgIpc) is 2.71. The van der Waals surface area contributed by atoms with Crippen LogP contribution in [0.1, 0.15) is 39.0 Å². The van der Waals surface area contributed by atoms with Gasteiger partial charge in [-0.1, -0.05) is 6.92 Å². The minimum atomic E-state index is 0.496. The van der Waals surface area contributed by atoms with Gasteiger partial charge in [-0.3, -0.25) is 4.90 Å². The largest absolute Gasteiger partial charge is 0.378 e. The third kappa shape index (κ3) is 5.15. The lowest BCUT2D eigenvalue weighted by atomic mass is 10.1. The quantitative estimate of drug-likeness (QED) is 0.604. The summed E-state index contributed by atoms with van der Waals surface area (Å²) >= 11 is 0. The second-order valence-corrected chi connectivity index (χ2v) is 4.21. The lowest BCUT2D eigenvalue weighted by Crippen LogP contribution is -2.26. The molecule has 0 aromatic carbocycles. The smallest absolute Gasteiger partial charge is 0.0865 e. The molecule has 0 radical (unpaired) electrons. The number of nitrogens with zero attached hydrogens (tertiary/aromatic N) is 2. The fraction of sp³-hybridized carbons (Fsp3) is 0.917. The number of hydrogen-bond donors (Lipinski definition) is 0. The first-order chi connectivity index (χ1) is 7.36. The molecule has 0 N–H and O–H groups in total. The molecule has 1 rings (SSSR count). The van der Waals surface area contributed by atoms with Crippen molar-refractivity contribution in [3.63, 3.8) is 0 Å². The van der Waals surface area contributed by atoms with Gasteiger partial charge in [0.25, 0.3) is 0 Å². The maximum absolute atomic E-state index is 8.66. The lowest BCUT2D eigenvalue weighted by Gasteiger charge is -2.18. The molecule has 0 bridgehead atoms. The monoisotopic (exact) mass is 210 g/mol. The van der Waals surface area contributed by atoms with Gasteiger partial charge in [-0.25, -0.2) is 0 Å². The Labute approximate surface area is 93.0 Å². The van der Waals surface area contributed by atoms with E-state index < -0.39 is 0 Å². The Morgan fingerprint density at radius 1 is 1.47 bits per heavy atom. The summed E-state index contributed by atoms with van der Waals surface area (Å²) in [6, 6.07) is 2.23. The highest BCUT2D eigenvalue weighted by atomic mass is 16.5. The van der Waals surface area contributed by atoms with E-state index in [1.54, 1.807) is 0 Å². The number of nitriles is 1. The van der Waals surface area contributed by atoms with Gasteiger partial charge < -0.3 is 4.74 Å². The zero-order valence-electron chi connectivity index (χ0n) is 9.74. The van der Waals surface area contributed by atoms with Gasteiger partial charge in [-0.2, -0.15) is 5.26 Å². The van der Waals surface area contributed by atoms with Crippen LogP contribution in [0.4, 0.5) is 0 Å². The lowest BCUT2D eigenvalue weighted by molar-refractivity contribution is 0.0992. The maximum atomic E-state index is 8.66. The van der Waals surface area contributed by atoms with Crippen molar-refractivity contribution < 1.29 is 4.74 Å². The first-order valence-electron chi connectivity index (χ1n) is 6.07. The summed E-state index contributed by atoms with van der Waals surface area (Å²) in [5.74, 6) is 0. The molecule has 15 heavy (non-hydrogen) atoms. The highest BCUT2D eigenvalue weighted by Crippen LogP contribution is 2.16. The van der Waals surface area contributed by atoms with E-state index in [4.69, 9.17) is 10.00 Å². The molecule has 1 aliphatic heterocycles. The van der Waals surface area contributed by atoms with Crippen molar-refractivity contribution in [1.29, 1.82) is 5.26 Å². The molecular weight excluding hydrogens is 188 g/mol. The van der Waals surface area contributed by atoms with Crippen LogP contribution < -0.4 is 0 Å². The van der Waals surface area contributed by atoms with E-state index in [-0.39, 0.29) is 0 Å². The number of hydrogen-bond acceptors (Lipinski definition) is 3. The Balaban J connectivity index is 2.07. The molecule has 0 aliphatic carbocycles. The zero-order valence-corrected chi connectivity index (χ0v) is 9.74. The number of ether oxygens (including phenoxy) is 1. The molecule has 1 unspecified atom stereocenters. The first kappa shape index (κ1) is 12.5. The van der Waals surface area contributed by atoms with E-state index in [1.807, 2.05) is 0 Å². The van der Waals surface area contributed by atoms with Crippen LogP contribution in [0.5, 0.6) is 0 Å². The second-order valence-electron chi connectivity index (χ2n) is 4.21. The van der Waals surface area contributed by atoms with Crippen LogP contribution in [0.25, 0.3) is 0 Å². The molecular formula is C12H22N2O. The summed E-state index contributed by atoms with van der Waals surface area (Å²) in [4.78, 5) is 2.23. The van der Waals surface area contributed by atoms with E-state index in [9.17, 15) is 0 Å². The van der Waals surface area contributed by atoms with Crippen molar-refractivity contribution in [3.05, 3.63) is 0 Å². The van der Waals surface area contributed by atoms with Gasteiger partial charge >= 0.3 is 0 Å².